The Kier molecular flexibility index (Phi) is 5.62. The summed E-state index contributed by atoms with van der Waals surface area (Å²) in [6.07, 6.45) is 0.227. The van der Waals surface area contributed by atoms with E-state index >= 15 is 0 Å². The van der Waals surface area contributed by atoms with E-state index in [1.54, 1.807) is 13.0 Å². The third-order valence-corrected chi connectivity index (χ3v) is 2.83. The van der Waals surface area contributed by atoms with Crippen molar-refractivity contribution in [1.29, 1.82) is 0 Å². The van der Waals surface area contributed by atoms with Gasteiger partial charge in [-0.2, -0.15) is 0 Å². The van der Waals surface area contributed by atoms with Gasteiger partial charge in [0.15, 0.2) is 5.76 Å². The van der Waals surface area contributed by atoms with Gasteiger partial charge in [-0.1, -0.05) is 0 Å². The van der Waals surface area contributed by atoms with Gasteiger partial charge in [0.1, 0.15) is 5.76 Å². The second-order valence-electron chi connectivity index (χ2n) is 5.63. The van der Waals surface area contributed by atoms with Crippen molar-refractivity contribution in [2.75, 3.05) is 6.54 Å². The van der Waals surface area contributed by atoms with Gasteiger partial charge in [0.25, 0.3) is 5.91 Å². The van der Waals surface area contributed by atoms with Crippen molar-refractivity contribution in [2.24, 2.45) is 0 Å². The van der Waals surface area contributed by atoms with Crippen LogP contribution >= 0.6 is 11.6 Å². The van der Waals surface area contributed by atoms with Crippen LogP contribution < -0.4 is 10.6 Å². The summed E-state index contributed by atoms with van der Waals surface area (Å²) in [6, 6.07) is 1.62. The van der Waals surface area contributed by atoms with E-state index in [9.17, 15) is 9.59 Å². The van der Waals surface area contributed by atoms with Gasteiger partial charge in [-0.25, -0.2) is 0 Å². The van der Waals surface area contributed by atoms with Gasteiger partial charge in [-0.05, 0) is 33.8 Å². The predicted molar refractivity (Wildman–Crippen MR) is 77.8 cm³/mol. The lowest BCUT2D eigenvalue weighted by Gasteiger charge is -2.20. The van der Waals surface area contributed by atoms with Gasteiger partial charge < -0.3 is 15.1 Å². The highest BCUT2D eigenvalue weighted by atomic mass is 35.5. The lowest BCUT2D eigenvalue weighted by molar-refractivity contribution is -0.122. The summed E-state index contributed by atoms with van der Waals surface area (Å²) >= 11 is 5.71. The number of halogens is 1. The summed E-state index contributed by atoms with van der Waals surface area (Å²) in [6.45, 7) is 7.73. The van der Waals surface area contributed by atoms with Crippen molar-refractivity contribution in [3.63, 3.8) is 0 Å². The molecular weight excluding hydrogens is 280 g/mol. The van der Waals surface area contributed by atoms with E-state index in [4.69, 9.17) is 16.0 Å². The molecule has 6 heteroatoms. The van der Waals surface area contributed by atoms with Gasteiger partial charge in [0.2, 0.25) is 5.91 Å². The van der Waals surface area contributed by atoms with E-state index in [0.29, 0.717) is 11.6 Å². The molecule has 0 unspecified atom stereocenters. The Morgan fingerprint density at radius 1 is 1.35 bits per heavy atom. The lowest BCUT2D eigenvalue weighted by Crippen LogP contribution is -2.41. The van der Waals surface area contributed by atoms with Gasteiger partial charge >= 0.3 is 0 Å². The Hall–Kier alpha value is -1.49. The van der Waals surface area contributed by atoms with Crippen LogP contribution in [0, 0.1) is 6.92 Å². The van der Waals surface area contributed by atoms with Crippen LogP contribution in [-0.4, -0.2) is 23.9 Å². The Morgan fingerprint density at radius 3 is 2.50 bits per heavy atom. The maximum absolute atomic E-state index is 11.8. The fourth-order valence-electron chi connectivity index (χ4n) is 1.62. The third kappa shape index (κ3) is 5.25. The summed E-state index contributed by atoms with van der Waals surface area (Å²) in [4.78, 5) is 23.4. The highest BCUT2D eigenvalue weighted by molar-refractivity contribution is 6.17. The molecular formula is C14H21ClN2O3. The minimum absolute atomic E-state index is 0.102. The maximum Gasteiger partial charge on any atom is 0.287 e. The molecule has 0 fully saturated rings. The van der Waals surface area contributed by atoms with Crippen molar-refractivity contribution < 1.29 is 14.0 Å². The monoisotopic (exact) mass is 300 g/mol. The number of hydrogen-bond donors (Lipinski definition) is 2. The number of furan rings is 1. The Labute approximate surface area is 124 Å². The standard InChI is InChI=1S/C14H21ClN2O3/c1-9-10(8-15)7-11(20-9)13(19)16-6-5-12(18)17-14(2,3)4/h7H,5-6,8H2,1-4H3,(H,16,19)(H,17,18). The molecule has 0 saturated heterocycles. The van der Waals surface area contributed by atoms with Gasteiger partial charge in [0, 0.05) is 24.1 Å². The van der Waals surface area contributed by atoms with E-state index in [1.165, 1.54) is 0 Å². The van der Waals surface area contributed by atoms with Crippen LogP contribution in [0.1, 0.15) is 49.1 Å². The molecule has 1 aromatic rings. The molecule has 112 valence electrons. The van der Waals surface area contributed by atoms with Crippen LogP contribution in [0.15, 0.2) is 10.5 Å². The number of alkyl halides is 1. The number of carbonyl (C=O) groups is 2. The highest BCUT2D eigenvalue weighted by Gasteiger charge is 2.16. The molecule has 1 heterocycles. The van der Waals surface area contributed by atoms with Gasteiger partial charge in [-0.3, -0.25) is 9.59 Å². The average molecular weight is 301 g/mol. The first-order chi connectivity index (χ1) is 9.23. The maximum atomic E-state index is 11.8. The van der Waals surface area contributed by atoms with E-state index in [2.05, 4.69) is 10.6 Å². The quantitative estimate of drug-likeness (QED) is 0.820. The number of rotatable bonds is 5. The molecule has 0 aliphatic heterocycles. The normalized spacial score (nSPS) is 11.2. The van der Waals surface area contributed by atoms with E-state index < -0.39 is 0 Å². The average Bonchev–Trinajstić information content (AvgIpc) is 2.68. The first-order valence-electron chi connectivity index (χ1n) is 6.47. The minimum atomic E-state index is -0.340. The minimum Gasteiger partial charge on any atom is -0.456 e. The molecule has 0 radical (unpaired) electrons. The van der Waals surface area contributed by atoms with Gasteiger partial charge in [0.05, 0.1) is 5.88 Å². The summed E-state index contributed by atoms with van der Waals surface area (Å²) in [7, 11) is 0. The van der Waals surface area contributed by atoms with E-state index in [0.717, 1.165) is 5.56 Å². The third-order valence-electron chi connectivity index (χ3n) is 2.54. The topological polar surface area (TPSA) is 71.3 Å². The zero-order valence-corrected chi connectivity index (χ0v) is 13.1. The lowest BCUT2D eigenvalue weighted by atomic mass is 10.1. The number of hydrogen-bond acceptors (Lipinski definition) is 3. The number of amides is 2. The molecule has 5 nitrogen and oxygen atoms in total. The fourth-order valence-corrected chi connectivity index (χ4v) is 1.89. The summed E-state index contributed by atoms with van der Waals surface area (Å²) in [5, 5.41) is 5.47. The molecule has 2 N–H and O–H groups in total. The fraction of sp³-hybridized carbons (Fsp3) is 0.571. The van der Waals surface area contributed by atoms with Crippen LogP contribution in [0.5, 0.6) is 0 Å². The van der Waals surface area contributed by atoms with Crippen molar-refractivity contribution in [2.45, 2.75) is 45.5 Å². The summed E-state index contributed by atoms with van der Waals surface area (Å²) in [5.41, 5.74) is 0.524. The number of aryl methyl sites for hydroxylation is 1. The van der Waals surface area contributed by atoms with Crippen LogP contribution in [0.25, 0.3) is 0 Å². The van der Waals surface area contributed by atoms with E-state index in [1.807, 2.05) is 20.8 Å². The molecule has 0 saturated carbocycles. The largest absolute Gasteiger partial charge is 0.456 e. The second-order valence-corrected chi connectivity index (χ2v) is 5.90. The van der Waals surface area contributed by atoms with Crippen molar-refractivity contribution >= 4 is 23.4 Å². The predicted octanol–water partition coefficient (Wildman–Crippen LogP) is 2.36. The summed E-state index contributed by atoms with van der Waals surface area (Å²) in [5.74, 6) is 0.712. The first-order valence-corrected chi connectivity index (χ1v) is 7.01. The van der Waals surface area contributed by atoms with Crippen LogP contribution in [0.4, 0.5) is 0 Å². The molecule has 0 aliphatic rings. The number of carbonyl (C=O) groups excluding carboxylic acids is 2. The molecule has 0 atom stereocenters. The van der Waals surface area contributed by atoms with Crippen LogP contribution in [-0.2, 0) is 10.7 Å². The molecule has 0 bridgehead atoms. The van der Waals surface area contributed by atoms with Crippen LogP contribution in [0.3, 0.4) is 0 Å². The van der Waals surface area contributed by atoms with Crippen molar-refractivity contribution in [3.8, 4) is 0 Å². The van der Waals surface area contributed by atoms with Crippen molar-refractivity contribution in [1.82, 2.24) is 10.6 Å². The molecule has 1 aromatic heterocycles. The molecule has 0 aromatic carbocycles. The number of nitrogens with one attached hydrogen (secondary N) is 2. The SMILES string of the molecule is Cc1oc(C(=O)NCCC(=O)NC(C)(C)C)cc1CCl. The summed E-state index contributed by atoms with van der Waals surface area (Å²) < 4.78 is 5.31. The molecule has 0 aliphatic carbocycles. The van der Waals surface area contributed by atoms with Crippen molar-refractivity contribution in [3.05, 3.63) is 23.2 Å². The molecule has 20 heavy (non-hydrogen) atoms. The molecule has 1 rings (SSSR count). The Balaban J connectivity index is 2.42. The Bertz CT molecular complexity index is 489. The van der Waals surface area contributed by atoms with E-state index in [-0.39, 0.29) is 36.1 Å². The molecule has 2 amide bonds. The zero-order chi connectivity index (χ0) is 15.3. The first kappa shape index (κ1) is 16.6. The van der Waals surface area contributed by atoms with Crippen LogP contribution in [0.2, 0.25) is 0 Å². The second kappa shape index (κ2) is 6.79. The zero-order valence-electron chi connectivity index (χ0n) is 12.3. The Morgan fingerprint density at radius 2 is 2.00 bits per heavy atom. The molecule has 0 spiro atoms. The smallest absolute Gasteiger partial charge is 0.287 e. The highest BCUT2D eigenvalue weighted by Crippen LogP contribution is 2.16. The van der Waals surface area contributed by atoms with Gasteiger partial charge in [-0.15, -0.1) is 11.6 Å².